The Morgan fingerprint density at radius 3 is 1.31 bits per heavy atom. The van der Waals surface area contributed by atoms with Crippen LogP contribution in [-0.4, -0.2) is 35.6 Å². The number of esters is 3. The summed E-state index contributed by atoms with van der Waals surface area (Å²) in [6.45, 7) is 20.5. The maximum Gasteiger partial charge on any atom is 0.333 e. The van der Waals surface area contributed by atoms with E-state index >= 15 is 0 Å². The minimum Gasteiger partial charge on any atom is -0.478 e. The van der Waals surface area contributed by atoms with E-state index in [4.69, 9.17) is 19.3 Å². The second-order valence-electron chi connectivity index (χ2n) is 25.0. The summed E-state index contributed by atoms with van der Waals surface area (Å²) in [6, 6.07) is 61.8. The molecule has 100 heavy (non-hydrogen) atoms. The van der Waals surface area contributed by atoms with Crippen LogP contribution in [0.4, 0.5) is 13.2 Å². The lowest BCUT2D eigenvalue weighted by Gasteiger charge is -2.12. The topological polar surface area (TPSA) is 116 Å². The van der Waals surface area contributed by atoms with Crippen molar-refractivity contribution in [2.45, 2.75) is 157 Å². The quantitative estimate of drug-likeness (QED) is 0.0192. The van der Waals surface area contributed by atoms with E-state index in [9.17, 15) is 32.3 Å². The number of unbranched alkanes of at least 4 members (excludes halogenated alkanes) is 6. The van der Waals surface area contributed by atoms with Crippen LogP contribution in [0.25, 0.3) is 72.8 Å². The SMILES string of the molecule is C=C(CC(=O)Oc1ccc(-c2ccc(-c3ccc(CCCCC)cc3)c(F)c2F)cc1)C(=O)O.C=C(CCC)C(=O)OCc1ccc(-c2ccc(-c3ccc(CCCCC)cc3)cc2F)cc1.CCCCCc1ccc(-c2ccc(-c3ccc(/C=C/C(=O)OCCC)cc3)c(CC)c2)cc1. The number of carbonyl (C=O) groups is 4. The van der Waals surface area contributed by atoms with Crippen molar-refractivity contribution in [3.8, 4) is 72.5 Å². The van der Waals surface area contributed by atoms with Crippen LogP contribution in [0.15, 0.2) is 225 Å². The number of ether oxygens (including phenoxy) is 3. The zero-order valence-corrected chi connectivity index (χ0v) is 58.9. The monoisotopic (exact) mass is 1350 g/mol. The summed E-state index contributed by atoms with van der Waals surface area (Å²) in [6.07, 6.45) is 20.2. The summed E-state index contributed by atoms with van der Waals surface area (Å²) < 4.78 is 60.2. The summed E-state index contributed by atoms with van der Waals surface area (Å²) in [5, 5.41) is 8.78. The molecule has 9 aromatic rings. The molecule has 520 valence electrons. The Hall–Kier alpha value is -10.1. The van der Waals surface area contributed by atoms with E-state index in [0.717, 1.165) is 79.2 Å². The van der Waals surface area contributed by atoms with Crippen molar-refractivity contribution < 1.29 is 51.7 Å². The van der Waals surface area contributed by atoms with E-state index < -0.39 is 30.0 Å². The van der Waals surface area contributed by atoms with Crippen molar-refractivity contribution in [1.29, 1.82) is 0 Å². The van der Waals surface area contributed by atoms with Gasteiger partial charge in [0.05, 0.1) is 13.0 Å². The molecule has 8 nitrogen and oxygen atoms in total. The number of rotatable bonds is 32. The number of benzene rings is 9. The zero-order chi connectivity index (χ0) is 71.8. The Balaban J connectivity index is 0.000000211. The predicted octanol–water partition coefficient (Wildman–Crippen LogP) is 23.5. The number of carbonyl (C=O) groups excluding carboxylic acids is 3. The third-order valence-electron chi connectivity index (χ3n) is 17.2. The Kier molecular flexibility index (Phi) is 31.4. The Bertz CT molecular complexity index is 4150. The predicted molar refractivity (Wildman–Crippen MR) is 402 cm³/mol. The molecule has 0 heterocycles. The molecule has 0 saturated carbocycles. The lowest BCUT2D eigenvalue weighted by Crippen LogP contribution is -2.12. The highest BCUT2D eigenvalue weighted by atomic mass is 19.2. The van der Waals surface area contributed by atoms with Gasteiger partial charge in [-0.1, -0.05) is 276 Å². The van der Waals surface area contributed by atoms with Crippen molar-refractivity contribution in [2.75, 3.05) is 6.61 Å². The lowest BCUT2D eigenvalue weighted by atomic mass is 9.93. The summed E-state index contributed by atoms with van der Waals surface area (Å²) in [7, 11) is 0. The second-order valence-corrected chi connectivity index (χ2v) is 25.0. The number of aliphatic carboxylic acids is 1. The fourth-order valence-corrected chi connectivity index (χ4v) is 11.3. The first-order chi connectivity index (χ1) is 48.4. The van der Waals surface area contributed by atoms with Crippen LogP contribution in [-0.2, 0) is 60.9 Å². The minimum absolute atomic E-state index is 0.0783. The number of aryl methyl sites for hydroxylation is 4. The molecule has 0 atom stereocenters. The number of hydrogen-bond donors (Lipinski definition) is 1. The van der Waals surface area contributed by atoms with Crippen molar-refractivity contribution in [3.63, 3.8) is 0 Å². The van der Waals surface area contributed by atoms with Gasteiger partial charge in [-0.3, -0.25) is 4.79 Å². The molecule has 0 aliphatic heterocycles. The summed E-state index contributed by atoms with van der Waals surface area (Å²) in [5.74, 6) is -4.71. The first-order valence-electron chi connectivity index (χ1n) is 35.3. The van der Waals surface area contributed by atoms with Crippen molar-refractivity contribution in [3.05, 3.63) is 275 Å². The molecule has 0 radical (unpaired) electrons. The van der Waals surface area contributed by atoms with Gasteiger partial charge in [0.25, 0.3) is 0 Å². The van der Waals surface area contributed by atoms with E-state index in [0.29, 0.717) is 35.3 Å². The van der Waals surface area contributed by atoms with Crippen LogP contribution in [0.1, 0.15) is 158 Å². The molecule has 11 heteroatoms. The number of halogens is 3. The van der Waals surface area contributed by atoms with Crippen LogP contribution < -0.4 is 4.74 Å². The maximum atomic E-state index is 14.9. The average molecular weight is 1350 g/mol. The zero-order valence-electron chi connectivity index (χ0n) is 58.9. The molecule has 0 aliphatic rings. The number of hydrogen-bond acceptors (Lipinski definition) is 7. The van der Waals surface area contributed by atoms with Gasteiger partial charge in [-0.25, -0.2) is 27.6 Å². The lowest BCUT2D eigenvalue weighted by molar-refractivity contribution is -0.140. The molecule has 1 N–H and O–H groups in total. The Labute approximate surface area is 590 Å². The van der Waals surface area contributed by atoms with Crippen LogP contribution in [0.3, 0.4) is 0 Å². The third kappa shape index (κ3) is 23.8. The minimum atomic E-state index is -1.28. The Morgan fingerprint density at radius 1 is 0.430 bits per heavy atom. The fourth-order valence-electron chi connectivity index (χ4n) is 11.3. The van der Waals surface area contributed by atoms with E-state index in [1.54, 1.807) is 30.3 Å². The molecule has 0 spiro atoms. The van der Waals surface area contributed by atoms with Crippen LogP contribution in [0.5, 0.6) is 5.75 Å². The van der Waals surface area contributed by atoms with Crippen molar-refractivity contribution >= 4 is 30.0 Å². The molecule has 9 aromatic carbocycles. The smallest absolute Gasteiger partial charge is 0.333 e. The van der Waals surface area contributed by atoms with E-state index in [1.165, 1.54) is 126 Å². The van der Waals surface area contributed by atoms with Gasteiger partial charge in [0.2, 0.25) is 0 Å². The molecule has 0 aliphatic carbocycles. The highest BCUT2D eigenvalue weighted by molar-refractivity contribution is 5.92. The summed E-state index contributed by atoms with van der Waals surface area (Å²) in [4.78, 5) is 46.1. The normalized spacial score (nSPS) is 10.8. The molecule has 9 rings (SSSR count). The van der Waals surface area contributed by atoms with Gasteiger partial charge < -0.3 is 19.3 Å². The number of carboxylic acid groups (broad SMARTS) is 1. The van der Waals surface area contributed by atoms with Crippen molar-refractivity contribution in [2.24, 2.45) is 0 Å². The Morgan fingerprint density at radius 2 is 0.850 bits per heavy atom. The van der Waals surface area contributed by atoms with Gasteiger partial charge in [0.15, 0.2) is 11.6 Å². The van der Waals surface area contributed by atoms with Gasteiger partial charge in [0, 0.05) is 33.9 Å². The molecule has 0 aromatic heterocycles. The summed E-state index contributed by atoms with van der Waals surface area (Å²) in [5.41, 5.74) is 16.8. The summed E-state index contributed by atoms with van der Waals surface area (Å²) >= 11 is 0. The first-order valence-corrected chi connectivity index (χ1v) is 35.3. The molecule has 0 unspecified atom stereocenters. The molecular formula is C89H95F3O8. The van der Waals surface area contributed by atoms with Crippen LogP contribution >= 0.6 is 0 Å². The van der Waals surface area contributed by atoms with E-state index in [1.807, 2.05) is 74.5 Å². The van der Waals surface area contributed by atoms with Gasteiger partial charge in [0.1, 0.15) is 18.2 Å². The molecule has 0 amide bonds. The average Bonchev–Trinajstić information content (AvgIpc) is 0.808. The second kappa shape index (κ2) is 40.7. The van der Waals surface area contributed by atoms with Crippen LogP contribution in [0.2, 0.25) is 0 Å². The van der Waals surface area contributed by atoms with Gasteiger partial charge >= 0.3 is 23.9 Å². The van der Waals surface area contributed by atoms with Gasteiger partial charge in [-0.2, -0.15) is 0 Å². The standard InChI is InChI=1S/C31H36O2.C30H33FO2.C28H26F2O4/c1-4-7-8-9-24-10-15-27(16-11-24)29-19-20-30(26(6-3)23-29)28-17-12-25(13-18-28)14-21-31(32)33-22-5-2;1-4-6-7-9-23-10-14-25(15-11-23)27-18-19-28(29(31)20-27)26-16-12-24(13-17-26)21-33-30(32)22(3)8-5-2;1-3-4-5-6-19-7-9-20(10-8-19)23-15-16-24(27(30)26(23)29)21-11-13-22(14-12-21)34-25(31)17-18(2)28(32)33/h10-21,23H,4-9,22H2,1-3H3;10-20H,3-9,21H2,1-2H3;7-16H,2-6,17H2,1H3,(H,32,33)/b21-14+;;. The fraction of sp³-hybridized carbons (Fsp3) is 0.281. The largest absolute Gasteiger partial charge is 0.478 e. The molecule has 0 bridgehead atoms. The highest BCUT2D eigenvalue weighted by Gasteiger charge is 2.19. The molecule has 0 fully saturated rings. The maximum absolute atomic E-state index is 14.9. The molecular weight excluding hydrogens is 1250 g/mol. The van der Waals surface area contributed by atoms with Gasteiger partial charge in [-0.05, 0) is 166 Å². The number of carboxylic acids is 1. The first kappa shape index (κ1) is 77.2. The van der Waals surface area contributed by atoms with Crippen molar-refractivity contribution in [1.82, 2.24) is 0 Å². The van der Waals surface area contributed by atoms with Gasteiger partial charge in [-0.15, -0.1) is 0 Å². The van der Waals surface area contributed by atoms with E-state index in [-0.39, 0.29) is 46.8 Å². The third-order valence-corrected chi connectivity index (χ3v) is 17.2. The molecule has 0 saturated heterocycles. The van der Waals surface area contributed by atoms with E-state index in [2.05, 4.69) is 120 Å². The van der Waals surface area contributed by atoms with Crippen LogP contribution in [0, 0.1) is 17.5 Å². The highest BCUT2D eigenvalue weighted by Crippen LogP contribution is 2.35.